The fourth-order valence-corrected chi connectivity index (χ4v) is 2.93. The first kappa shape index (κ1) is 23.7. The SMILES string of the molecule is Cc1cc2ncnc(Nc3ccc(OCc4ccccc4)cc3)c2cc1C.O=CC(F)(F)F. The molecule has 0 atom stereocenters. The number of hydrogen-bond donors (Lipinski definition) is 1. The first-order valence-corrected chi connectivity index (χ1v) is 10.0. The summed E-state index contributed by atoms with van der Waals surface area (Å²) in [6.07, 6.45) is -4.11. The van der Waals surface area contributed by atoms with Gasteiger partial charge in [-0.05, 0) is 66.9 Å². The van der Waals surface area contributed by atoms with Gasteiger partial charge in [0.1, 0.15) is 24.5 Å². The molecule has 5 nitrogen and oxygen atoms in total. The van der Waals surface area contributed by atoms with Crippen LogP contribution in [0.15, 0.2) is 73.1 Å². The van der Waals surface area contributed by atoms with E-state index in [1.165, 1.54) is 11.1 Å². The van der Waals surface area contributed by atoms with Gasteiger partial charge >= 0.3 is 6.18 Å². The van der Waals surface area contributed by atoms with Crippen molar-refractivity contribution in [3.05, 3.63) is 89.7 Å². The predicted molar refractivity (Wildman–Crippen MR) is 122 cm³/mol. The third-order valence-electron chi connectivity index (χ3n) is 4.75. The van der Waals surface area contributed by atoms with E-state index in [1.807, 2.05) is 42.5 Å². The molecule has 0 amide bonds. The topological polar surface area (TPSA) is 64.1 Å². The largest absolute Gasteiger partial charge is 0.489 e. The summed E-state index contributed by atoms with van der Waals surface area (Å²) in [5.74, 6) is 1.64. The van der Waals surface area contributed by atoms with Gasteiger partial charge in [-0.25, -0.2) is 9.97 Å². The average Bonchev–Trinajstić information content (AvgIpc) is 2.80. The summed E-state index contributed by atoms with van der Waals surface area (Å²) >= 11 is 0. The molecule has 1 N–H and O–H groups in total. The van der Waals surface area contributed by atoms with E-state index in [-0.39, 0.29) is 0 Å². The lowest BCUT2D eigenvalue weighted by Gasteiger charge is -2.11. The molecule has 0 aliphatic heterocycles. The van der Waals surface area contributed by atoms with E-state index in [0.29, 0.717) is 6.61 Å². The number of nitrogens with one attached hydrogen (secondary N) is 1. The maximum absolute atomic E-state index is 10.4. The molecule has 0 unspecified atom stereocenters. The van der Waals surface area contributed by atoms with Crippen molar-refractivity contribution in [3.63, 3.8) is 0 Å². The van der Waals surface area contributed by atoms with Crippen molar-refractivity contribution < 1.29 is 22.7 Å². The third-order valence-corrected chi connectivity index (χ3v) is 4.75. The van der Waals surface area contributed by atoms with Crippen LogP contribution in [0.5, 0.6) is 5.75 Å². The molecule has 1 heterocycles. The van der Waals surface area contributed by atoms with E-state index >= 15 is 0 Å². The molecule has 1 aromatic heterocycles. The lowest BCUT2D eigenvalue weighted by molar-refractivity contribution is -0.156. The summed E-state index contributed by atoms with van der Waals surface area (Å²) in [7, 11) is 0. The van der Waals surface area contributed by atoms with Crippen molar-refractivity contribution in [2.75, 3.05) is 5.32 Å². The van der Waals surface area contributed by atoms with Gasteiger partial charge in [-0.3, -0.25) is 4.79 Å². The van der Waals surface area contributed by atoms with Crippen molar-refractivity contribution in [2.24, 2.45) is 0 Å². The van der Waals surface area contributed by atoms with E-state index < -0.39 is 12.5 Å². The highest BCUT2D eigenvalue weighted by Crippen LogP contribution is 2.26. The maximum Gasteiger partial charge on any atom is 0.446 e. The number of benzene rings is 3. The standard InChI is InChI=1S/C23H21N3O.C2HF3O/c1-16-12-21-22(13-17(16)2)24-15-25-23(21)26-19-8-10-20(11-9-19)27-14-18-6-4-3-5-7-18;3-2(4,5)1-6/h3-13,15H,14H2,1-2H3,(H,24,25,26);1H. The van der Waals surface area contributed by atoms with Gasteiger partial charge in [0.15, 0.2) is 0 Å². The number of fused-ring (bicyclic) bond motifs is 1. The normalized spacial score (nSPS) is 10.8. The Labute approximate surface area is 189 Å². The summed E-state index contributed by atoms with van der Waals surface area (Å²) in [5, 5.41) is 4.41. The van der Waals surface area contributed by atoms with Crippen LogP contribution in [0.2, 0.25) is 0 Å². The van der Waals surface area contributed by atoms with Crippen LogP contribution >= 0.6 is 0 Å². The predicted octanol–water partition coefficient (Wildman–Crippen LogP) is 6.32. The molecule has 33 heavy (non-hydrogen) atoms. The number of ether oxygens (including phenoxy) is 1. The first-order valence-electron chi connectivity index (χ1n) is 10.0. The smallest absolute Gasteiger partial charge is 0.446 e. The molecular formula is C25H22F3N3O2. The average molecular weight is 453 g/mol. The number of nitrogens with zero attached hydrogens (tertiary/aromatic N) is 2. The van der Waals surface area contributed by atoms with Crippen LogP contribution in [-0.2, 0) is 11.4 Å². The molecule has 0 bridgehead atoms. The monoisotopic (exact) mass is 453 g/mol. The number of anilines is 2. The minimum Gasteiger partial charge on any atom is -0.489 e. The van der Waals surface area contributed by atoms with Gasteiger partial charge in [0, 0.05) is 11.1 Å². The maximum atomic E-state index is 10.4. The Morgan fingerprint density at radius 3 is 2.21 bits per heavy atom. The fourth-order valence-electron chi connectivity index (χ4n) is 2.93. The fraction of sp³-hybridized carbons (Fsp3) is 0.160. The lowest BCUT2D eigenvalue weighted by Crippen LogP contribution is -2.07. The molecular weight excluding hydrogens is 431 g/mol. The van der Waals surface area contributed by atoms with Crippen LogP contribution in [0, 0.1) is 13.8 Å². The van der Waals surface area contributed by atoms with Crippen molar-refractivity contribution in [3.8, 4) is 5.75 Å². The van der Waals surface area contributed by atoms with Crippen LogP contribution in [0.4, 0.5) is 24.7 Å². The summed E-state index contributed by atoms with van der Waals surface area (Å²) < 4.78 is 37.1. The van der Waals surface area contributed by atoms with E-state index in [2.05, 4.69) is 53.4 Å². The van der Waals surface area contributed by atoms with Gasteiger partial charge in [0.2, 0.25) is 6.29 Å². The molecule has 0 saturated carbocycles. The first-order chi connectivity index (χ1) is 15.7. The molecule has 0 fully saturated rings. The zero-order valence-corrected chi connectivity index (χ0v) is 18.1. The summed E-state index contributed by atoms with van der Waals surface area (Å²) in [6.45, 7) is 4.76. The van der Waals surface area contributed by atoms with Crippen LogP contribution < -0.4 is 10.1 Å². The quantitative estimate of drug-likeness (QED) is 0.359. The van der Waals surface area contributed by atoms with Gasteiger partial charge in [0.05, 0.1) is 5.52 Å². The van der Waals surface area contributed by atoms with Crippen molar-refractivity contribution >= 4 is 28.7 Å². The van der Waals surface area contributed by atoms with Crippen molar-refractivity contribution in [2.45, 2.75) is 26.6 Å². The number of halogens is 3. The Morgan fingerprint density at radius 1 is 0.939 bits per heavy atom. The Balaban J connectivity index is 0.000000454. The minimum atomic E-state index is -4.64. The van der Waals surface area contributed by atoms with Gasteiger partial charge in [-0.15, -0.1) is 0 Å². The molecule has 4 aromatic rings. The van der Waals surface area contributed by atoms with E-state index in [0.717, 1.165) is 33.7 Å². The minimum absolute atomic E-state index is 0.558. The number of carbonyl (C=O) groups excluding carboxylic acids is 1. The Morgan fingerprint density at radius 2 is 1.58 bits per heavy atom. The summed E-state index contributed by atoms with van der Waals surface area (Å²) in [4.78, 5) is 17.5. The Bertz CT molecular complexity index is 1210. The highest BCUT2D eigenvalue weighted by Gasteiger charge is 2.24. The summed E-state index contributed by atoms with van der Waals surface area (Å²) in [5.41, 5.74) is 5.51. The summed E-state index contributed by atoms with van der Waals surface area (Å²) in [6, 6.07) is 22.3. The van der Waals surface area contributed by atoms with E-state index in [4.69, 9.17) is 9.53 Å². The van der Waals surface area contributed by atoms with Gasteiger partial charge in [-0.2, -0.15) is 13.2 Å². The van der Waals surface area contributed by atoms with Crippen molar-refractivity contribution in [1.29, 1.82) is 0 Å². The number of aryl methyl sites for hydroxylation is 2. The van der Waals surface area contributed by atoms with Crippen LogP contribution in [0.25, 0.3) is 10.9 Å². The van der Waals surface area contributed by atoms with Crippen LogP contribution in [-0.4, -0.2) is 22.4 Å². The molecule has 0 aliphatic carbocycles. The highest BCUT2D eigenvalue weighted by molar-refractivity contribution is 5.91. The molecule has 8 heteroatoms. The number of carbonyl (C=O) groups is 1. The zero-order chi connectivity index (χ0) is 23.8. The molecule has 0 spiro atoms. The molecule has 0 radical (unpaired) electrons. The van der Waals surface area contributed by atoms with Crippen LogP contribution in [0.1, 0.15) is 16.7 Å². The molecule has 3 aromatic carbocycles. The zero-order valence-electron chi connectivity index (χ0n) is 18.1. The number of hydrogen-bond acceptors (Lipinski definition) is 5. The van der Waals surface area contributed by atoms with E-state index in [9.17, 15) is 13.2 Å². The lowest BCUT2D eigenvalue weighted by atomic mass is 10.1. The Kier molecular flexibility index (Phi) is 7.61. The molecule has 4 rings (SSSR count). The van der Waals surface area contributed by atoms with E-state index in [1.54, 1.807) is 6.33 Å². The van der Waals surface area contributed by atoms with Gasteiger partial charge in [-0.1, -0.05) is 30.3 Å². The molecule has 170 valence electrons. The number of rotatable bonds is 5. The second kappa shape index (κ2) is 10.6. The second-order valence-corrected chi connectivity index (χ2v) is 7.26. The Hall–Kier alpha value is -3.94. The highest BCUT2D eigenvalue weighted by atomic mass is 19.4. The number of aldehydes is 1. The van der Waals surface area contributed by atoms with Gasteiger partial charge < -0.3 is 10.1 Å². The molecule has 0 aliphatic rings. The number of aromatic nitrogens is 2. The van der Waals surface area contributed by atoms with Crippen LogP contribution in [0.3, 0.4) is 0 Å². The van der Waals surface area contributed by atoms with Crippen molar-refractivity contribution in [1.82, 2.24) is 9.97 Å². The second-order valence-electron chi connectivity index (χ2n) is 7.26. The third kappa shape index (κ3) is 7.03. The molecule has 0 saturated heterocycles. The number of alkyl halides is 3. The van der Waals surface area contributed by atoms with Gasteiger partial charge in [0.25, 0.3) is 0 Å².